The Morgan fingerprint density at radius 2 is 1.66 bits per heavy atom. The Bertz CT molecular complexity index is 1490. The maximum atomic E-state index is 13.7. The molecule has 9 nitrogen and oxygen atoms in total. The highest BCUT2D eigenvalue weighted by atomic mass is 35.5. The molecule has 3 aromatic carbocycles. The van der Waals surface area contributed by atoms with E-state index in [1.54, 1.807) is 56.4 Å². The first kappa shape index (κ1) is 29.8. The van der Waals surface area contributed by atoms with Crippen LogP contribution in [0.5, 0.6) is 0 Å². The van der Waals surface area contributed by atoms with Crippen molar-refractivity contribution in [3.63, 3.8) is 0 Å². The Morgan fingerprint density at radius 1 is 0.951 bits per heavy atom. The van der Waals surface area contributed by atoms with Crippen molar-refractivity contribution in [3.8, 4) is 0 Å². The van der Waals surface area contributed by atoms with Gasteiger partial charge in [-0.05, 0) is 56.3 Å². The minimum absolute atomic E-state index is 0.0770. The lowest BCUT2D eigenvalue weighted by Gasteiger charge is -2.39. The quantitative estimate of drug-likeness (QED) is 0.213. The number of likely N-dealkylation sites (N-methyl/N-ethyl adjacent to an activating group) is 1. The average molecular weight is 597 g/mol. The molecule has 3 amide bonds. The van der Waals surface area contributed by atoms with Crippen LogP contribution in [-0.2, 0) is 16.1 Å². The zero-order valence-electron chi connectivity index (χ0n) is 22.9. The number of para-hydroxylation sites is 1. The minimum atomic E-state index is -1.27. The number of anilines is 2. The van der Waals surface area contributed by atoms with E-state index in [9.17, 15) is 14.4 Å². The molecule has 0 aliphatic carbocycles. The SMILES string of the molecule is CCNC(=O)c1cccc(NC(=O)NCC(=O)C2(C)Nc3ccccc3C(OCc3c(Cl)cccc3Cl)=C2NC)c1. The molecule has 11 heteroatoms. The second kappa shape index (κ2) is 13.0. The van der Waals surface area contributed by atoms with Crippen molar-refractivity contribution in [1.29, 1.82) is 0 Å². The molecule has 0 saturated heterocycles. The minimum Gasteiger partial charge on any atom is -0.486 e. The lowest BCUT2D eigenvalue weighted by atomic mass is 9.85. The van der Waals surface area contributed by atoms with Gasteiger partial charge in [-0.25, -0.2) is 4.79 Å². The lowest BCUT2D eigenvalue weighted by Crippen LogP contribution is -2.54. The summed E-state index contributed by atoms with van der Waals surface area (Å²) in [6, 6.07) is 18.6. The molecule has 0 radical (unpaired) electrons. The van der Waals surface area contributed by atoms with Crippen LogP contribution in [0, 0.1) is 0 Å². The molecule has 1 heterocycles. The van der Waals surface area contributed by atoms with Crippen LogP contribution in [0.1, 0.15) is 35.3 Å². The van der Waals surface area contributed by atoms with Gasteiger partial charge in [0, 0.05) is 51.7 Å². The molecule has 0 bridgehead atoms. The molecular weight excluding hydrogens is 565 g/mol. The standard InChI is InChI=1S/C30H31Cl2N5O4/c1-4-34-28(39)18-9-7-10-19(15-18)36-29(40)35-16-25(38)30(2)27(33-3)26(20-11-5-6-14-24(20)37-30)41-17-21-22(31)12-8-13-23(21)32/h5-15,33,37H,4,16-17H2,1-3H3,(H,34,39)(H2,35,36,40). The topological polar surface area (TPSA) is 121 Å². The highest BCUT2D eigenvalue weighted by Gasteiger charge is 2.43. The number of hydrogen-bond donors (Lipinski definition) is 5. The lowest BCUT2D eigenvalue weighted by molar-refractivity contribution is -0.121. The van der Waals surface area contributed by atoms with E-state index in [4.69, 9.17) is 27.9 Å². The number of ether oxygens (including phenoxy) is 1. The third kappa shape index (κ3) is 6.58. The summed E-state index contributed by atoms with van der Waals surface area (Å²) in [4.78, 5) is 38.5. The number of rotatable bonds is 10. The number of carbonyl (C=O) groups is 3. The number of ketones is 1. The van der Waals surface area contributed by atoms with Crippen molar-refractivity contribution >= 4 is 58.1 Å². The molecule has 0 fully saturated rings. The molecule has 4 rings (SSSR count). The van der Waals surface area contributed by atoms with Gasteiger partial charge in [0.1, 0.15) is 12.1 Å². The summed E-state index contributed by atoms with van der Waals surface area (Å²) in [7, 11) is 1.70. The van der Waals surface area contributed by atoms with Crippen molar-refractivity contribution in [1.82, 2.24) is 16.0 Å². The number of amides is 3. The monoisotopic (exact) mass is 595 g/mol. The summed E-state index contributed by atoms with van der Waals surface area (Å²) in [5.41, 5.74) is 2.11. The van der Waals surface area contributed by atoms with Gasteiger partial charge >= 0.3 is 6.03 Å². The molecule has 5 N–H and O–H groups in total. The van der Waals surface area contributed by atoms with Gasteiger partial charge in [-0.15, -0.1) is 0 Å². The molecule has 0 saturated carbocycles. The van der Waals surface area contributed by atoms with E-state index in [1.807, 2.05) is 31.2 Å². The third-order valence-electron chi connectivity index (χ3n) is 6.64. The number of benzene rings is 3. The predicted octanol–water partition coefficient (Wildman–Crippen LogP) is 5.42. The van der Waals surface area contributed by atoms with Crippen molar-refractivity contribution in [3.05, 3.63) is 99.2 Å². The number of urea groups is 1. The van der Waals surface area contributed by atoms with E-state index < -0.39 is 11.6 Å². The van der Waals surface area contributed by atoms with E-state index in [0.717, 1.165) is 5.56 Å². The molecule has 0 aromatic heterocycles. The average Bonchev–Trinajstić information content (AvgIpc) is 2.95. The smallest absolute Gasteiger partial charge is 0.319 e. The summed E-state index contributed by atoms with van der Waals surface area (Å²) in [5, 5.41) is 15.4. The van der Waals surface area contributed by atoms with E-state index in [0.29, 0.717) is 50.5 Å². The maximum absolute atomic E-state index is 13.7. The number of carbonyl (C=O) groups excluding carboxylic acids is 3. The zero-order chi connectivity index (χ0) is 29.6. The molecule has 1 unspecified atom stereocenters. The van der Waals surface area contributed by atoms with Crippen LogP contribution < -0.4 is 26.6 Å². The van der Waals surface area contributed by atoms with Gasteiger partial charge in [0.25, 0.3) is 5.91 Å². The number of Topliss-reactive ketones (excluding diaryl/α,β-unsaturated/α-hetero) is 1. The molecule has 3 aromatic rings. The van der Waals surface area contributed by atoms with Gasteiger partial charge in [0.15, 0.2) is 11.5 Å². The Kier molecular flexibility index (Phi) is 9.42. The summed E-state index contributed by atoms with van der Waals surface area (Å²) in [6.07, 6.45) is 0. The van der Waals surface area contributed by atoms with Crippen molar-refractivity contribution in [2.24, 2.45) is 0 Å². The largest absolute Gasteiger partial charge is 0.486 e. The number of nitrogens with one attached hydrogen (secondary N) is 5. The van der Waals surface area contributed by atoms with Crippen LogP contribution in [0.25, 0.3) is 5.76 Å². The van der Waals surface area contributed by atoms with Crippen LogP contribution in [0.15, 0.2) is 72.4 Å². The first-order valence-electron chi connectivity index (χ1n) is 13.0. The van der Waals surface area contributed by atoms with E-state index in [2.05, 4.69) is 26.6 Å². The third-order valence-corrected chi connectivity index (χ3v) is 7.35. The van der Waals surface area contributed by atoms with Gasteiger partial charge in [0.2, 0.25) is 0 Å². The second-order valence-electron chi connectivity index (χ2n) is 9.41. The van der Waals surface area contributed by atoms with Crippen LogP contribution in [0.4, 0.5) is 16.2 Å². The highest BCUT2D eigenvalue weighted by Crippen LogP contribution is 2.40. The van der Waals surface area contributed by atoms with Crippen LogP contribution in [0.2, 0.25) is 10.0 Å². The van der Waals surface area contributed by atoms with Crippen LogP contribution >= 0.6 is 23.2 Å². The van der Waals surface area contributed by atoms with Gasteiger partial charge in [-0.3, -0.25) is 9.59 Å². The molecule has 1 aliphatic rings. The normalized spacial score (nSPS) is 15.7. The number of hydrogen-bond acceptors (Lipinski definition) is 6. The van der Waals surface area contributed by atoms with Gasteiger partial charge in [-0.1, -0.05) is 47.5 Å². The molecule has 41 heavy (non-hydrogen) atoms. The van der Waals surface area contributed by atoms with Crippen molar-refractivity contribution in [2.75, 3.05) is 30.8 Å². The number of halogens is 2. The Balaban J connectivity index is 1.53. The molecular formula is C30H31Cl2N5O4. The van der Waals surface area contributed by atoms with Crippen molar-refractivity contribution < 1.29 is 19.1 Å². The highest BCUT2D eigenvalue weighted by molar-refractivity contribution is 6.36. The zero-order valence-corrected chi connectivity index (χ0v) is 24.4. The summed E-state index contributed by atoms with van der Waals surface area (Å²) < 4.78 is 6.28. The van der Waals surface area contributed by atoms with E-state index in [1.165, 1.54) is 0 Å². The fourth-order valence-electron chi connectivity index (χ4n) is 4.53. The number of fused-ring (bicyclic) bond motifs is 1. The Hall–Kier alpha value is -4.21. The van der Waals surface area contributed by atoms with Crippen LogP contribution in [0.3, 0.4) is 0 Å². The Labute approximate surface area is 248 Å². The van der Waals surface area contributed by atoms with Gasteiger partial charge < -0.3 is 31.3 Å². The van der Waals surface area contributed by atoms with Gasteiger partial charge in [-0.2, -0.15) is 0 Å². The van der Waals surface area contributed by atoms with Crippen molar-refractivity contribution in [2.45, 2.75) is 26.0 Å². The predicted molar refractivity (Wildman–Crippen MR) is 162 cm³/mol. The summed E-state index contributed by atoms with van der Waals surface area (Å²) >= 11 is 12.7. The summed E-state index contributed by atoms with van der Waals surface area (Å²) in [5.74, 6) is -0.107. The fourth-order valence-corrected chi connectivity index (χ4v) is 5.04. The Morgan fingerprint density at radius 3 is 2.37 bits per heavy atom. The van der Waals surface area contributed by atoms with Crippen LogP contribution in [-0.4, -0.2) is 43.4 Å². The first-order valence-corrected chi connectivity index (χ1v) is 13.8. The maximum Gasteiger partial charge on any atom is 0.319 e. The molecule has 0 spiro atoms. The fraction of sp³-hybridized carbons (Fsp3) is 0.233. The molecule has 1 aliphatic heterocycles. The summed E-state index contributed by atoms with van der Waals surface area (Å²) in [6.45, 7) is 3.82. The first-order chi connectivity index (χ1) is 19.7. The van der Waals surface area contributed by atoms with E-state index >= 15 is 0 Å². The van der Waals surface area contributed by atoms with E-state index in [-0.39, 0.29) is 24.8 Å². The van der Waals surface area contributed by atoms with Gasteiger partial charge in [0.05, 0.1) is 12.2 Å². The molecule has 214 valence electrons. The molecule has 1 atom stereocenters. The second-order valence-corrected chi connectivity index (χ2v) is 10.2.